The summed E-state index contributed by atoms with van der Waals surface area (Å²) in [5.41, 5.74) is -0.570. The van der Waals surface area contributed by atoms with E-state index >= 15 is 0 Å². The van der Waals surface area contributed by atoms with E-state index < -0.39 is 10.9 Å². The molecule has 0 spiro atoms. The number of nitro groups is 1. The maximum atomic E-state index is 10.9. The Morgan fingerprint density at radius 3 is 2.94 bits per heavy atom. The maximum absolute atomic E-state index is 10.9. The van der Waals surface area contributed by atoms with Crippen LogP contribution in [0.4, 0.5) is 11.5 Å². The van der Waals surface area contributed by atoms with Crippen molar-refractivity contribution in [3.05, 3.63) is 40.6 Å². The van der Waals surface area contributed by atoms with Crippen LogP contribution in [-0.2, 0) is 0 Å². The Morgan fingerprint density at radius 1 is 1.71 bits per heavy atom. The van der Waals surface area contributed by atoms with Gasteiger partial charge in [0.2, 0.25) is 0 Å². The minimum atomic E-state index is -1.26. The van der Waals surface area contributed by atoms with Crippen LogP contribution >= 0.6 is 0 Å². The predicted octanol–water partition coefficient (Wildman–Crippen LogP) is 1.68. The third-order valence-corrected chi connectivity index (χ3v) is 1.96. The number of carbonyl (C=O) groups is 1. The average Bonchev–Trinajstić information content (AvgIpc) is 2.29. The fourth-order valence-electron chi connectivity index (χ4n) is 1.15. The lowest BCUT2D eigenvalue weighted by Crippen LogP contribution is -2.09. The van der Waals surface area contributed by atoms with Crippen LogP contribution in [0.25, 0.3) is 0 Å². The van der Waals surface area contributed by atoms with Gasteiger partial charge in [-0.15, -0.1) is 6.58 Å². The Morgan fingerprint density at radius 2 is 2.41 bits per heavy atom. The molecule has 1 aromatic rings. The van der Waals surface area contributed by atoms with Crippen LogP contribution in [-0.4, -0.2) is 27.5 Å². The van der Waals surface area contributed by atoms with Gasteiger partial charge in [-0.3, -0.25) is 10.1 Å². The van der Waals surface area contributed by atoms with Gasteiger partial charge in [-0.25, -0.2) is 9.78 Å². The summed E-state index contributed by atoms with van der Waals surface area (Å²) in [6.45, 7) is 3.99. The molecule has 7 heteroatoms. The minimum Gasteiger partial charge on any atom is -0.478 e. The first kappa shape index (κ1) is 12.6. The first-order valence-electron chi connectivity index (χ1n) is 4.78. The molecule has 0 unspecified atom stereocenters. The molecule has 1 rings (SSSR count). The standard InChI is InChI=1S/C10H11N3O4/c1-2-3-4-11-9-8(10(14)15)5-7(6-12-9)13(16)17/h2,5-6H,1,3-4H2,(H,11,12)(H,14,15). The zero-order valence-corrected chi connectivity index (χ0v) is 8.92. The van der Waals surface area contributed by atoms with Gasteiger partial charge in [-0.2, -0.15) is 0 Å². The van der Waals surface area contributed by atoms with E-state index in [0.29, 0.717) is 13.0 Å². The van der Waals surface area contributed by atoms with E-state index in [1.165, 1.54) is 0 Å². The quantitative estimate of drug-likeness (QED) is 0.337. The highest BCUT2D eigenvalue weighted by atomic mass is 16.6. The van der Waals surface area contributed by atoms with Crippen LogP contribution in [0, 0.1) is 10.1 Å². The van der Waals surface area contributed by atoms with E-state index in [1.807, 2.05) is 0 Å². The third-order valence-electron chi connectivity index (χ3n) is 1.96. The zero-order valence-electron chi connectivity index (χ0n) is 8.92. The minimum absolute atomic E-state index is 0.116. The summed E-state index contributed by atoms with van der Waals surface area (Å²) in [7, 11) is 0. The number of aromatic nitrogens is 1. The summed E-state index contributed by atoms with van der Waals surface area (Å²) < 4.78 is 0. The second-order valence-corrected chi connectivity index (χ2v) is 3.16. The lowest BCUT2D eigenvalue weighted by Gasteiger charge is -2.06. The van der Waals surface area contributed by atoms with Crippen molar-refractivity contribution in [1.82, 2.24) is 4.98 Å². The van der Waals surface area contributed by atoms with Crippen LogP contribution in [0.5, 0.6) is 0 Å². The number of pyridine rings is 1. The number of rotatable bonds is 6. The van der Waals surface area contributed by atoms with Gasteiger partial charge in [0, 0.05) is 12.6 Å². The maximum Gasteiger partial charge on any atom is 0.339 e. The van der Waals surface area contributed by atoms with Gasteiger partial charge in [0.15, 0.2) is 0 Å². The van der Waals surface area contributed by atoms with Crippen molar-refractivity contribution in [1.29, 1.82) is 0 Å². The molecule has 0 aromatic carbocycles. The molecule has 17 heavy (non-hydrogen) atoms. The average molecular weight is 237 g/mol. The molecule has 7 nitrogen and oxygen atoms in total. The zero-order chi connectivity index (χ0) is 12.8. The molecule has 0 amide bonds. The second kappa shape index (κ2) is 5.59. The molecule has 0 fully saturated rings. The lowest BCUT2D eigenvalue weighted by atomic mass is 10.2. The van der Waals surface area contributed by atoms with Crippen molar-refractivity contribution in [2.24, 2.45) is 0 Å². The third kappa shape index (κ3) is 3.26. The summed E-state index contributed by atoms with van der Waals surface area (Å²) in [6, 6.07) is 0.978. The Labute approximate surface area is 96.9 Å². The predicted molar refractivity (Wildman–Crippen MR) is 61.2 cm³/mol. The molecule has 0 radical (unpaired) electrons. The van der Waals surface area contributed by atoms with E-state index in [4.69, 9.17) is 5.11 Å². The van der Waals surface area contributed by atoms with Crippen LogP contribution in [0.1, 0.15) is 16.8 Å². The van der Waals surface area contributed by atoms with Gasteiger partial charge in [0.1, 0.15) is 17.6 Å². The van der Waals surface area contributed by atoms with Crippen molar-refractivity contribution in [3.8, 4) is 0 Å². The number of anilines is 1. The van der Waals surface area contributed by atoms with Gasteiger partial charge < -0.3 is 10.4 Å². The highest BCUT2D eigenvalue weighted by Gasteiger charge is 2.16. The fraction of sp³-hybridized carbons (Fsp3) is 0.200. The SMILES string of the molecule is C=CCCNc1ncc([N+](=O)[O-])cc1C(=O)O. The Bertz CT molecular complexity index is 459. The molecule has 1 heterocycles. The summed E-state index contributed by atoms with van der Waals surface area (Å²) in [4.78, 5) is 24.4. The normalized spacial score (nSPS) is 9.65. The molecule has 0 atom stereocenters. The van der Waals surface area contributed by atoms with E-state index in [0.717, 1.165) is 12.3 Å². The Kier molecular flexibility index (Phi) is 4.15. The van der Waals surface area contributed by atoms with Crippen molar-refractivity contribution < 1.29 is 14.8 Å². The van der Waals surface area contributed by atoms with E-state index in [-0.39, 0.29) is 17.1 Å². The van der Waals surface area contributed by atoms with Crippen LogP contribution in [0.15, 0.2) is 24.9 Å². The first-order chi connectivity index (χ1) is 8.06. The second-order valence-electron chi connectivity index (χ2n) is 3.16. The van der Waals surface area contributed by atoms with E-state index in [1.54, 1.807) is 6.08 Å². The molecule has 0 aliphatic rings. The molecule has 0 saturated carbocycles. The van der Waals surface area contributed by atoms with Gasteiger partial charge in [0.05, 0.1) is 4.92 Å². The van der Waals surface area contributed by atoms with Crippen LogP contribution in [0.3, 0.4) is 0 Å². The number of nitrogens with zero attached hydrogens (tertiary/aromatic N) is 2. The van der Waals surface area contributed by atoms with Crippen molar-refractivity contribution in [2.75, 3.05) is 11.9 Å². The van der Waals surface area contributed by atoms with Crippen molar-refractivity contribution >= 4 is 17.5 Å². The summed E-state index contributed by atoms with van der Waals surface area (Å²) in [6.07, 6.45) is 3.32. The molecular formula is C10H11N3O4. The topological polar surface area (TPSA) is 105 Å². The number of carboxylic acids is 1. The summed E-state index contributed by atoms with van der Waals surface area (Å²) in [5, 5.41) is 22.2. The molecule has 0 aliphatic carbocycles. The molecule has 1 aromatic heterocycles. The first-order valence-corrected chi connectivity index (χ1v) is 4.78. The van der Waals surface area contributed by atoms with Gasteiger partial charge in [0.25, 0.3) is 5.69 Å². The largest absolute Gasteiger partial charge is 0.478 e. The highest BCUT2D eigenvalue weighted by molar-refractivity contribution is 5.93. The molecule has 0 saturated heterocycles. The highest BCUT2D eigenvalue weighted by Crippen LogP contribution is 2.18. The van der Waals surface area contributed by atoms with E-state index in [2.05, 4.69) is 16.9 Å². The monoisotopic (exact) mass is 237 g/mol. The molecular weight excluding hydrogens is 226 g/mol. The number of carboxylic acid groups (broad SMARTS) is 1. The number of nitrogens with one attached hydrogen (secondary N) is 1. The lowest BCUT2D eigenvalue weighted by molar-refractivity contribution is -0.385. The Balaban J connectivity index is 3.00. The summed E-state index contributed by atoms with van der Waals surface area (Å²) >= 11 is 0. The number of hydrogen-bond donors (Lipinski definition) is 2. The fourth-order valence-corrected chi connectivity index (χ4v) is 1.15. The van der Waals surface area contributed by atoms with Crippen molar-refractivity contribution in [3.63, 3.8) is 0 Å². The molecule has 0 bridgehead atoms. The van der Waals surface area contributed by atoms with Gasteiger partial charge >= 0.3 is 5.97 Å². The number of hydrogen-bond acceptors (Lipinski definition) is 5. The van der Waals surface area contributed by atoms with Crippen LogP contribution in [0.2, 0.25) is 0 Å². The van der Waals surface area contributed by atoms with E-state index in [9.17, 15) is 14.9 Å². The molecule has 0 aliphatic heterocycles. The summed E-state index contributed by atoms with van der Waals surface area (Å²) in [5.74, 6) is -1.15. The molecule has 2 N–H and O–H groups in total. The van der Waals surface area contributed by atoms with Crippen LogP contribution < -0.4 is 5.32 Å². The molecule has 90 valence electrons. The van der Waals surface area contributed by atoms with Gasteiger partial charge in [-0.1, -0.05) is 6.08 Å². The Hall–Kier alpha value is -2.44. The van der Waals surface area contributed by atoms with Crippen molar-refractivity contribution in [2.45, 2.75) is 6.42 Å². The number of aromatic carboxylic acids is 1. The smallest absolute Gasteiger partial charge is 0.339 e. The van der Waals surface area contributed by atoms with Gasteiger partial charge in [-0.05, 0) is 6.42 Å².